The van der Waals surface area contributed by atoms with Gasteiger partial charge >= 0.3 is 0 Å². The predicted molar refractivity (Wildman–Crippen MR) is 105 cm³/mol. The molecule has 0 fully saturated rings. The molecule has 0 spiro atoms. The lowest BCUT2D eigenvalue weighted by Gasteiger charge is -2.14. The number of aromatic nitrogens is 3. The van der Waals surface area contributed by atoms with Crippen molar-refractivity contribution >= 4 is 12.2 Å². The van der Waals surface area contributed by atoms with Crippen molar-refractivity contribution in [3.8, 4) is 11.4 Å². The van der Waals surface area contributed by atoms with Crippen LogP contribution in [0.5, 0.6) is 5.75 Å². The first-order valence-corrected chi connectivity index (χ1v) is 9.07. The molecule has 0 aliphatic heterocycles. The van der Waals surface area contributed by atoms with Gasteiger partial charge in [0.2, 0.25) is 4.77 Å². The van der Waals surface area contributed by atoms with Gasteiger partial charge in [0.25, 0.3) is 0 Å². The quantitative estimate of drug-likeness (QED) is 0.679. The molecule has 2 aromatic carbocycles. The largest absolute Gasteiger partial charge is 0.497 e. The Balaban J connectivity index is 1.79. The van der Waals surface area contributed by atoms with Crippen molar-refractivity contribution in [2.24, 2.45) is 0 Å². The van der Waals surface area contributed by atoms with Crippen molar-refractivity contribution in [1.82, 2.24) is 14.3 Å². The molecule has 0 saturated heterocycles. The van der Waals surface area contributed by atoms with Crippen molar-refractivity contribution in [3.63, 3.8) is 0 Å². The van der Waals surface area contributed by atoms with E-state index in [-0.39, 0.29) is 0 Å². The fourth-order valence-electron chi connectivity index (χ4n) is 3.11. The van der Waals surface area contributed by atoms with Gasteiger partial charge in [-0.15, -0.1) is 0 Å². The molecule has 1 heterocycles. The smallest absolute Gasteiger partial charge is 0.207 e. The van der Waals surface area contributed by atoms with E-state index in [0.717, 1.165) is 28.6 Å². The summed E-state index contributed by atoms with van der Waals surface area (Å²) in [6.45, 7) is 5.69. The van der Waals surface area contributed by atoms with Crippen LogP contribution in [0.4, 0.5) is 0 Å². The summed E-state index contributed by atoms with van der Waals surface area (Å²) < 4.78 is 9.90. The standard InChI is InChI=1S/C20H24N4OS/c1-15-7-5-6-8-19(15)24-16(2)21-23(20(24)26)14-22(3)13-17-9-11-18(25-4)12-10-17/h5-12H,13-14H2,1-4H3/p+1. The number of para-hydroxylation sites is 1. The second-order valence-corrected chi connectivity index (χ2v) is 6.96. The highest BCUT2D eigenvalue weighted by Gasteiger charge is 2.13. The van der Waals surface area contributed by atoms with E-state index in [2.05, 4.69) is 43.3 Å². The minimum absolute atomic E-state index is 0.713. The fraction of sp³-hybridized carbons (Fsp3) is 0.300. The number of hydrogen-bond acceptors (Lipinski definition) is 3. The lowest BCUT2D eigenvalue weighted by atomic mass is 10.2. The summed E-state index contributed by atoms with van der Waals surface area (Å²) in [7, 11) is 3.83. The monoisotopic (exact) mass is 369 g/mol. The summed E-state index contributed by atoms with van der Waals surface area (Å²) in [4.78, 5) is 1.31. The summed E-state index contributed by atoms with van der Waals surface area (Å²) in [5.74, 6) is 1.78. The second kappa shape index (κ2) is 7.85. The van der Waals surface area contributed by atoms with E-state index in [1.54, 1.807) is 7.11 Å². The van der Waals surface area contributed by atoms with Crippen molar-refractivity contribution in [3.05, 3.63) is 70.3 Å². The molecule has 3 rings (SSSR count). The van der Waals surface area contributed by atoms with Gasteiger partial charge in [-0.2, -0.15) is 9.78 Å². The number of methoxy groups -OCH3 is 1. The Morgan fingerprint density at radius 3 is 2.42 bits per heavy atom. The third-order valence-electron chi connectivity index (χ3n) is 4.44. The van der Waals surface area contributed by atoms with E-state index in [0.29, 0.717) is 6.67 Å². The van der Waals surface area contributed by atoms with Crippen LogP contribution in [-0.2, 0) is 13.2 Å². The molecule has 1 unspecified atom stereocenters. The molecule has 0 bridgehead atoms. The number of aryl methyl sites for hydroxylation is 2. The molecule has 136 valence electrons. The maximum atomic E-state index is 5.70. The zero-order valence-corrected chi connectivity index (χ0v) is 16.5. The highest BCUT2D eigenvalue weighted by atomic mass is 32.1. The maximum Gasteiger partial charge on any atom is 0.207 e. The minimum Gasteiger partial charge on any atom is -0.497 e. The van der Waals surface area contributed by atoms with Gasteiger partial charge in [0, 0.05) is 5.56 Å². The molecule has 0 amide bonds. The third-order valence-corrected chi connectivity index (χ3v) is 4.84. The average molecular weight is 370 g/mol. The van der Waals surface area contributed by atoms with E-state index in [1.165, 1.54) is 16.0 Å². The van der Waals surface area contributed by atoms with Crippen LogP contribution in [0.25, 0.3) is 5.69 Å². The molecule has 1 atom stereocenters. The number of nitrogens with one attached hydrogen (secondary N) is 1. The zero-order valence-electron chi connectivity index (χ0n) is 15.7. The third kappa shape index (κ3) is 3.86. The van der Waals surface area contributed by atoms with Gasteiger partial charge in [-0.05, 0) is 62.0 Å². The molecule has 6 heteroatoms. The van der Waals surface area contributed by atoms with Crippen LogP contribution < -0.4 is 9.64 Å². The highest BCUT2D eigenvalue weighted by molar-refractivity contribution is 7.71. The van der Waals surface area contributed by atoms with Gasteiger partial charge in [-0.3, -0.25) is 4.57 Å². The van der Waals surface area contributed by atoms with Crippen LogP contribution in [0.3, 0.4) is 0 Å². The van der Waals surface area contributed by atoms with E-state index < -0.39 is 0 Å². The Morgan fingerprint density at radius 1 is 1.08 bits per heavy atom. The Morgan fingerprint density at radius 2 is 1.77 bits per heavy atom. The van der Waals surface area contributed by atoms with E-state index in [9.17, 15) is 0 Å². The maximum absolute atomic E-state index is 5.70. The lowest BCUT2D eigenvalue weighted by Crippen LogP contribution is -3.07. The first-order valence-electron chi connectivity index (χ1n) is 8.66. The Bertz CT molecular complexity index is 943. The molecule has 0 saturated carbocycles. The van der Waals surface area contributed by atoms with Crippen LogP contribution >= 0.6 is 12.2 Å². The minimum atomic E-state index is 0.713. The van der Waals surface area contributed by atoms with Gasteiger partial charge < -0.3 is 9.64 Å². The van der Waals surface area contributed by atoms with Crippen LogP contribution in [0.2, 0.25) is 0 Å². The molecular weight excluding hydrogens is 344 g/mol. The van der Waals surface area contributed by atoms with E-state index >= 15 is 0 Å². The normalized spacial score (nSPS) is 12.2. The van der Waals surface area contributed by atoms with Crippen LogP contribution in [-0.4, -0.2) is 28.5 Å². The molecule has 1 N–H and O–H groups in total. The molecular formula is C20H25N4OS+. The van der Waals surface area contributed by atoms with Crippen molar-refractivity contribution in [2.45, 2.75) is 27.1 Å². The van der Waals surface area contributed by atoms with Crippen molar-refractivity contribution in [1.29, 1.82) is 0 Å². The van der Waals surface area contributed by atoms with Crippen molar-refractivity contribution < 1.29 is 9.64 Å². The number of hydrogen-bond donors (Lipinski definition) is 1. The van der Waals surface area contributed by atoms with Crippen LogP contribution in [0, 0.1) is 18.6 Å². The summed E-state index contributed by atoms with van der Waals surface area (Å²) in [6.07, 6.45) is 0. The lowest BCUT2D eigenvalue weighted by molar-refractivity contribution is -0.917. The van der Waals surface area contributed by atoms with Gasteiger partial charge in [0.05, 0.1) is 19.8 Å². The van der Waals surface area contributed by atoms with E-state index in [4.69, 9.17) is 17.0 Å². The van der Waals surface area contributed by atoms with E-state index in [1.807, 2.05) is 40.4 Å². The predicted octanol–water partition coefficient (Wildman–Crippen LogP) is 2.70. The average Bonchev–Trinajstić information content (AvgIpc) is 2.90. The number of quaternary nitrogens is 1. The topological polar surface area (TPSA) is 36.4 Å². The molecule has 0 aliphatic carbocycles. The highest BCUT2D eigenvalue weighted by Crippen LogP contribution is 2.16. The summed E-state index contributed by atoms with van der Waals surface area (Å²) in [5.41, 5.74) is 3.53. The van der Waals surface area contributed by atoms with Gasteiger partial charge in [-0.1, -0.05) is 18.2 Å². The number of nitrogens with zero attached hydrogens (tertiary/aromatic N) is 3. The Labute approximate surface area is 159 Å². The summed E-state index contributed by atoms with van der Waals surface area (Å²) in [5, 5.41) is 4.67. The molecule has 1 aromatic heterocycles. The first-order chi connectivity index (χ1) is 12.5. The second-order valence-electron chi connectivity index (χ2n) is 6.59. The molecule has 0 radical (unpaired) electrons. The number of rotatable bonds is 6. The molecule has 3 aromatic rings. The number of ether oxygens (including phenoxy) is 1. The summed E-state index contributed by atoms with van der Waals surface area (Å²) in [6, 6.07) is 16.4. The molecule has 5 nitrogen and oxygen atoms in total. The Kier molecular flexibility index (Phi) is 5.54. The van der Waals surface area contributed by atoms with Crippen LogP contribution in [0.1, 0.15) is 17.0 Å². The van der Waals surface area contributed by atoms with Crippen molar-refractivity contribution in [2.75, 3.05) is 14.2 Å². The van der Waals surface area contributed by atoms with Gasteiger partial charge in [-0.25, -0.2) is 0 Å². The SMILES string of the molecule is COc1ccc(C[NH+](C)Cn2nc(C)n(-c3ccccc3C)c2=S)cc1. The number of benzene rings is 2. The molecule has 26 heavy (non-hydrogen) atoms. The Hall–Kier alpha value is -2.44. The van der Waals surface area contributed by atoms with Crippen LogP contribution in [0.15, 0.2) is 48.5 Å². The fourth-order valence-corrected chi connectivity index (χ4v) is 3.45. The first kappa shape index (κ1) is 18.4. The zero-order chi connectivity index (χ0) is 18.7. The van der Waals surface area contributed by atoms with Gasteiger partial charge in [0.1, 0.15) is 18.1 Å². The molecule has 0 aliphatic rings. The van der Waals surface area contributed by atoms with Gasteiger partial charge in [0.15, 0.2) is 6.67 Å². The summed E-state index contributed by atoms with van der Waals surface area (Å²) >= 11 is 5.70.